The molecule has 1 rings (SSSR count). The van der Waals surface area contributed by atoms with Gasteiger partial charge in [0, 0.05) is 12.6 Å². The van der Waals surface area contributed by atoms with Crippen LogP contribution in [0.4, 0.5) is 13.2 Å². The second-order valence-corrected chi connectivity index (χ2v) is 4.67. The van der Waals surface area contributed by atoms with Gasteiger partial charge in [-0.25, -0.2) is 0 Å². The van der Waals surface area contributed by atoms with E-state index in [0.29, 0.717) is 18.5 Å². The molecule has 0 bridgehead atoms. The Morgan fingerprint density at radius 2 is 2.00 bits per heavy atom. The molecular formula is C11H21F3N2. The lowest BCUT2D eigenvalue weighted by molar-refractivity contribution is -0.144. The molecule has 1 N–H and O–H groups in total. The van der Waals surface area contributed by atoms with Crippen molar-refractivity contribution < 1.29 is 13.2 Å². The van der Waals surface area contributed by atoms with Gasteiger partial charge in [-0.1, -0.05) is 13.3 Å². The maximum Gasteiger partial charge on any atom is 0.401 e. The van der Waals surface area contributed by atoms with E-state index in [0.717, 1.165) is 25.8 Å². The molecule has 0 aromatic rings. The summed E-state index contributed by atoms with van der Waals surface area (Å²) >= 11 is 0. The van der Waals surface area contributed by atoms with Crippen molar-refractivity contribution in [1.82, 2.24) is 10.2 Å². The van der Waals surface area contributed by atoms with Gasteiger partial charge < -0.3 is 5.32 Å². The molecule has 2 nitrogen and oxygen atoms in total. The number of halogens is 3. The Morgan fingerprint density at radius 1 is 1.31 bits per heavy atom. The molecule has 16 heavy (non-hydrogen) atoms. The molecule has 0 aliphatic heterocycles. The topological polar surface area (TPSA) is 15.3 Å². The predicted molar refractivity (Wildman–Crippen MR) is 58.4 cm³/mol. The van der Waals surface area contributed by atoms with Gasteiger partial charge in [0.25, 0.3) is 0 Å². The zero-order valence-corrected chi connectivity index (χ0v) is 9.98. The van der Waals surface area contributed by atoms with Crippen LogP contribution in [0.3, 0.4) is 0 Å². The second kappa shape index (κ2) is 5.87. The maximum absolute atomic E-state index is 12.2. The van der Waals surface area contributed by atoms with Crippen molar-refractivity contribution in [3.63, 3.8) is 0 Å². The van der Waals surface area contributed by atoms with Gasteiger partial charge in [0.05, 0.1) is 6.54 Å². The largest absolute Gasteiger partial charge is 0.401 e. The summed E-state index contributed by atoms with van der Waals surface area (Å²) in [5.74, 6) is 0.368. The van der Waals surface area contributed by atoms with E-state index in [1.165, 1.54) is 4.90 Å². The van der Waals surface area contributed by atoms with E-state index in [2.05, 4.69) is 5.32 Å². The Labute approximate surface area is 95.2 Å². The van der Waals surface area contributed by atoms with Crippen LogP contribution in [0, 0.1) is 5.92 Å². The summed E-state index contributed by atoms with van der Waals surface area (Å²) in [5.41, 5.74) is 0. The normalized spacial score (nSPS) is 26.6. The van der Waals surface area contributed by atoms with Crippen molar-refractivity contribution in [2.45, 2.75) is 38.4 Å². The monoisotopic (exact) mass is 238 g/mol. The van der Waals surface area contributed by atoms with Crippen LogP contribution in [0.1, 0.15) is 26.2 Å². The van der Waals surface area contributed by atoms with Crippen molar-refractivity contribution in [1.29, 1.82) is 0 Å². The second-order valence-electron chi connectivity index (χ2n) is 4.67. The third-order valence-electron chi connectivity index (χ3n) is 3.12. The average Bonchev–Trinajstić information content (AvgIpc) is 2.50. The number of rotatable bonds is 5. The van der Waals surface area contributed by atoms with Gasteiger partial charge in [-0.3, -0.25) is 4.90 Å². The van der Waals surface area contributed by atoms with E-state index < -0.39 is 12.7 Å². The average molecular weight is 238 g/mol. The van der Waals surface area contributed by atoms with Crippen molar-refractivity contribution in [2.75, 3.05) is 26.7 Å². The van der Waals surface area contributed by atoms with Crippen LogP contribution >= 0.6 is 0 Å². The number of hydrogen-bond acceptors (Lipinski definition) is 2. The number of alkyl halides is 3. The van der Waals surface area contributed by atoms with Crippen molar-refractivity contribution in [3.8, 4) is 0 Å². The molecule has 1 aliphatic rings. The first kappa shape index (κ1) is 13.8. The molecule has 2 atom stereocenters. The summed E-state index contributed by atoms with van der Waals surface area (Å²) in [5, 5.41) is 3.35. The molecule has 0 radical (unpaired) electrons. The summed E-state index contributed by atoms with van der Waals surface area (Å²) in [6.45, 7) is 2.67. The van der Waals surface area contributed by atoms with Crippen LogP contribution in [-0.4, -0.2) is 43.8 Å². The maximum atomic E-state index is 12.2. The lowest BCUT2D eigenvalue weighted by Crippen LogP contribution is -2.40. The van der Waals surface area contributed by atoms with Gasteiger partial charge in [0.15, 0.2) is 0 Å². The van der Waals surface area contributed by atoms with Gasteiger partial charge in [-0.2, -0.15) is 13.2 Å². The Kier molecular flexibility index (Phi) is 5.05. The van der Waals surface area contributed by atoms with E-state index in [1.807, 2.05) is 6.92 Å². The molecule has 96 valence electrons. The van der Waals surface area contributed by atoms with Crippen LogP contribution in [0.15, 0.2) is 0 Å². The van der Waals surface area contributed by atoms with Gasteiger partial charge in [0.1, 0.15) is 0 Å². The minimum Gasteiger partial charge on any atom is -0.314 e. The minimum absolute atomic E-state index is 0.368. The number of nitrogens with one attached hydrogen (secondary N) is 1. The smallest absolute Gasteiger partial charge is 0.314 e. The van der Waals surface area contributed by atoms with E-state index in [-0.39, 0.29) is 0 Å². The fraction of sp³-hybridized carbons (Fsp3) is 1.00. The first-order valence-electron chi connectivity index (χ1n) is 5.91. The molecule has 1 aliphatic carbocycles. The summed E-state index contributed by atoms with van der Waals surface area (Å²) in [7, 11) is 1.55. The molecule has 0 saturated heterocycles. The van der Waals surface area contributed by atoms with E-state index in [9.17, 15) is 13.2 Å². The Bertz CT molecular complexity index is 206. The summed E-state index contributed by atoms with van der Waals surface area (Å²) in [6, 6.07) is 0.403. The van der Waals surface area contributed by atoms with Crippen LogP contribution < -0.4 is 5.32 Å². The highest BCUT2D eigenvalue weighted by molar-refractivity contribution is 4.84. The van der Waals surface area contributed by atoms with E-state index in [1.54, 1.807) is 7.05 Å². The Morgan fingerprint density at radius 3 is 2.56 bits per heavy atom. The van der Waals surface area contributed by atoms with Gasteiger partial charge in [0.2, 0.25) is 0 Å². The van der Waals surface area contributed by atoms with E-state index >= 15 is 0 Å². The third kappa shape index (κ3) is 4.70. The molecule has 0 aromatic carbocycles. The van der Waals surface area contributed by atoms with Crippen LogP contribution in [0.2, 0.25) is 0 Å². The number of hydrogen-bond donors (Lipinski definition) is 1. The summed E-state index contributed by atoms with van der Waals surface area (Å²) in [4.78, 5) is 1.39. The standard InChI is InChI=1S/C11H21F3N2/c1-3-15-10-6-4-5-9(10)7-16(2)8-11(12,13)14/h9-10,15H,3-8H2,1-2H3. The molecule has 1 saturated carbocycles. The van der Waals surface area contributed by atoms with Crippen molar-refractivity contribution >= 4 is 0 Å². The molecule has 0 amide bonds. The third-order valence-corrected chi connectivity index (χ3v) is 3.12. The van der Waals surface area contributed by atoms with Crippen LogP contribution in [0.5, 0.6) is 0 Å². The highest BCUT2D eigenvalue weighted by atomic mass is 19.4. The van der Waals surface area contributed by atoms with E-state index in [4.69, 9.17) is 0 Å². The van der Waals surface area contributed by atoms with Crippen molar-refractivity contribution in [3.05, 3.63) is 0 Å². The quantitative estimate of drug-likeness (QED) is 0.790. The Hall–Kier alpha value is -0.290. The predicted octanol–water partition coefficient (Wildman–Crippen LogP) is 2.26. The molecule has 0 spiro atoms. The molecule has 5 heteroatoms. The fourth-order valence-corrected chi connectivity index (χ4v) is 2.56. The summed E-state index contributed by atoms with van der Waals surface area (Å²) in [6.07, 6.45) is -0.818. The zero-order valence-electron chi connectivity index (χ0n) is 9.98. The lowest BCUT2D eigenvalue weighted by Gasteiger charge is -2.26. The van der Waals surface area contributed by atoms with Crippen molar-refractivity contribution in [2.24, 2.45) is 5.92 Å². The number of nitrogens with zero attached hydrogens (tertiary/aromatic N) is 1. The van der Waals surface area contributed by atoms with Crippen LogP contribution in [0.25, 0.3) is 0 Å². The van der Waals surface area contributed by atoms with Crippen LogP contribution in [-0.2, 0) is 0 Å². The first-order chi connectivity index (χ1) is 7.42. The lowest BCUT2D eigenvalue weighted by atomic mass is 10.0. The fourth-order valence-electron chi connectivity index (χ4n) is 2.56. The molecular weight excluding hydrogens is 217 g/mol. The van der Waals surface area contributed by atoms with Gasteiger partial charge >= 0.3 is 6.18 Å². The Balaban J connectivity index is 2.35. The minimum atomic E-state index is -4.08. The highest BCUT2D eigenvalue weighted by Gasteiger charge is 2.32. The first-order valence-corrected chi connectivity index (χ1v) is 5.91. The molecule has 1 fully saturated rings. The van der Waals surface area contributed by atoms with Gasteiger partial charge in [-0.15, -0.1) is 0 Å². The molecule has 0 heterocycles. The molecule has 0 aromatic heterocycles. The highest BCUT2D eigenvalue weighted by Crippen LogP contribution is 2.27. The SMILES string of the molecule is CCNC1CCCC1CN(C)CC(F)(F)F. The summed E-state index contributed by atoms with van der Waals surface area (Å²) < 4.78 is 36.5. The molecule has 2 unspecified atom stereocenters. The zero-order chi connectivity index (χ0) is 12.2. The van der Waals surface area contributed by atoms with Gasteiger partial charge in [-0.05, 0) is 32.4 Å².